The van der Waals surface area contributed by atoms with Gasteiger partial charge in [0.1, 0.15) is 5.82 Å². The first-order valence-electron chi connectivity index (χ1n) is 7.89. The van der Waals surface area contributed by atoms with Crippen LogP contribution in [0.2, 0.25) is 5.02 Å². The lowest BCUT2D eigenvalue weighted by Gasteiger charge is -2.50. The third-order valence-corrected chi connectivity index (χ3v) is 5.20. The highest BCUT2D eigenvalue weighted by Gasteiger charge is 2.38. The van der Waals surface area contributed by atoms with Crippen molar-refractivity contribution >= 4 is 17.3 Å². The van der Waals surface area contributed by atoms with E-state index in [1.165, 1.54) is 12.1 Å². The monoisotopic (exact) mass is 312 g/mol. The van der Waals surface area contributed by atoms with Gasteiger partial charge in [0, 0.05) is 24.7 Å². The molecule has 1 heterocycles. The maximum absolute atomic E-state index is 13.3. The standard InChI is InChI=1S/C17H26ClFN2/c1-5-17(6-2)11-21(16(10-20-17)12(3)4)15-8-7-13(19)9-14(15)18/h7-9,12,16,20H,5-6,10-11H2,1-4H3. The second-order valence-corrected chi connectivity index (χ2v) is 6.81. The fourth-order valence-corrected chi connectivity index (χ4v) is 3.50. The maximum atomic E-state index is 13.3. The predicted molar refractivity (Wildman–Crippen MR) is 88.7 cm³/mol. The Hall–Kier alpha value is -0.800. The van der Waals surface area contributed by atoms with Crippen molar-refractivity contribution in [2.75, 3.05) is 18.0 Å². The number of anilines is 1. The summed E-state index contributed by atoms with van der Waals surface area (Å²) in [4.78, 5) is 2.37. The number of rotatable bonds is 4. The third kappa shape index (κ3) is 3.35. The topological polar surface area (TPSA) is 15.3 Å². The van der Waals surface area contributed by atoms with Crippen molar-refractivity contribution in [1.29, 1.82) is 0 Å². The Morgan fingerprint density at radius 1 is 1.38 bits per heavy atom. The molecule has 0 amide bonds. The van der Waals surface area contributed by atoms with Crippen molar-refractivity contribution in [3.8, 4) is 0 Å². The number of hydrogen-bond acceptors (Lipinski definition) is 2. The highest BCUT2D eigenvalue weighted by atomic mass is 35.5. The van der Waals surface area contributed by atoms with E-state index in [0.29, 0.717) is 17.0 Å². The smallest absolute Gasteiger partial charge is 0.124 e. The third-order valence-electron chi connectivity index (χ3n) is 4.90. The molecule has 118 valence electrons. The molecule has 1 N–H and O–H groups in total. The van der Waals surface area contributed by atoms with Crippen molar-refractivity contribution in [3.05, 3.63) is 29.0 Å². The molecule has 1 aliphatic heterocycles. The van der Waals surface area contributed by atoms with Crippen LogP contribution in [0.1, 0.15) is 40.5 Å². The van der Waals surface area contributed by atoms with Crippen molar-refractivity contribution in [2.45, 2.75) is 52.1 Å². The van der Waals surface area contributed by atoms with E-state index in [1.807, 2.05) is 6.07 Å². The number of nitrogens with one attached hydrogen (secondary N) is 1. The van der Waals surface area contributed by atoms with Crippen molar-refractivity contribution in [3.63, 3.8) is 0 Å². The molecule has 2 rings (SSSR count). The van der Waals surface area contributed by atoms with Gasteiger partial charge in [-0.3, -0.25) is 0 Å². The molecule has 1 aliphatic rings. The molecule has 0 aliphatic carbocycles. The van der Waals surface area contributed by atoms with Crippen LogP contribution in [-0.4, -0.2) is 24.7 Å². The summed E-state index contributed by atoms with van der Waals surface area (Å²) < 4.78 is 13.3. The Bertz CT molecular complexity index is 486. The highest BCUT2D eigenvalue weighted by molar-refractivity contribution is 6.33. The van der Waals surface area contributed by atoms with E-state index in [9.17, 15) is 4.39 Å². The van der Waals surface area contributed by atoms with Crippen molar-refractivity contribution in [2.24, 2.45) is 5.92 Å². The summed E-state index contributed by atoms with van der Waals surface area (Å²) in [6.07, 6.45) is 2.15. The van der Waals surface area contributed by atoms with Crippen LogP contribution in [0.3, 0.4) is 0 Å². The van der Waals surface area contributed by atoms with Crippen molar-refractivity contribution in [1.82, 2.24) is 5.32 Å². The zero-order chi connectivity index (χ0) is 15.6. The SMILES string of the molecule is CCC1(CC)CN(c2ccc(F)cc2Cl)C(C(C)C)CN1. The molecule has 1 fully saturated rings. The lowest BCUT2D eigenvalue weighted by molar-refractivity contribution is 0.227. The van der Waals surface area contributed by atoms with E-state index in [0.717, 1.165) is 31.6 Å². The quantitative estimate of drug-likeness (QED) is 0.882. The van der Waals surface area contributed by atoms with Gasteiger partial charge in [-0.05, 0) is 37.0 Å². The molecule has 4 heteroatoms. The van der Waals surface area contributed by atoms with Gasteiger partial charge in [0.15, 0.2) is 0 Å². The van der Waals surface area contributed by atoms with Gasteiger partial charge in [-0.25, -0.2) is 4.39 Å². The van der Waals surface area contributed by atoms with Gasteiger partial charge in [-0.2, -0.15) is 0 Å². The second kappa shape index (κ2) is 6.53. The minimum atomic E-state index is -0.280. The Morgan fingerprint density at radius 2 is 2.05 bits per heavy atom. The van der Waals surface area contributed by atoms with E-state index in [-0.39, 0.29) is 11.4 Å². The lowest BCUT2D eigenvalue weighted by Crippen LogP contribution is -2.65. The summed E-state index contributed by atoms with van der Waals surface area (Å²) in [6, 6.07) is 5.10. The van der Waals surface area contributed by atoms with Crippen LogP contribution in [0.15, 0.2) is 18.2 Å². The summed E-state index contributed by atoms with van der Waals surface area (Å²) in [5, 5.41) is 4.24. The van der Waals surface area contributed by atoms with E-state index >= 15 is 0 Å². The summed E-state index contributed by atoms with van der Waals surface area (Å²) in [7, 11) is 0. The molecule has 0 saturated carbocycles. The average molecular weight is 313 g/mol. The zero-order valence-electron chi connectivity index (χ0n) is 13.4. The molecule has 0 aromatic heterocycles. The van der Waals surface area contributed by atoms with Crippen LogP contribution in [-0.2, 0) is 0 Å². The Morgan fingerprint density at radius 3 is 2.57 bits per heavy atom. The number of hydrogen-bond donors (Lipinski definition) is 1. The molecular formula is C17H26ClFN2. The second-order valence-electron chi connectivity index (χ2n) is 6.40. The van der Waals surface area contributed by atoms with Crippen LogP contribution in [0, 0.1) is 11.7 Å². The first kappa shape index (κ1) is 16.6. The van der Waals surface area contributed by atoms with Gasteiger partial charge < -0.3 is 10.2 Å². The number of halogens is 2. The van der Waals surface area contributed by atoms with E-state index in [2.05, 4.69) is 37.9 Å². The average Bonchev–Trinajstić information content (AvgIpc) is 2.46. The summed E-state index contributed by atoms with van der Waals surface area (Å²) in [5.41, 5.74) is 1.06. The molecule has 0 bridgehead atoms. The fourth-order valence-electron chi connectivity index (χ4n) is 3.23. The van der Waals surface area contributed by atoms with Gasteiger partial charge in [0.05, 0.1) is 10.7 Å². The largest absolute Gasteiger partial charge is 0.364 e. The summed E-state index contributed by atoms with van der Waals surface area (Å²) >= 11 is 6.31. The molecule has 1 atom stereocenters. The minimum Gasteiger partial charge on any atom is -0.364 e. The molecule has 1 aromatic carbocycles. The zero-order valence-corrected chi connectivity index (χ0v) is 14.2. The van der Waals surface area contributed by atoms with Crippen molar-refractivity contribution < 1.29 is 4.39 Å². The maximum Gasteiger partial charge on any atom is 0.124 e. The molecule has 1 saturated heterocycles. The summed E-state index contributed by atoms with van der Waals surface area (Å²) in [6.45, 7) is 10.7. The number of nitrogens with zero attached hydrogens (tertiary/aromatic N) is 1. The molecule has 1 unspecified atom stereocenters. The number of piperazine rings is 1. The molecular weight excluding hydrogens is 287 g/mol. The Kier molecular flexibility index (Phi) is 5.15. The predicted octanol–water partition coefficient (Wildman–Crippen LogP) is 4.47. The van der Waals surface area contributed by atoms with Crippen LogP contribution in [0.4, 0.5) is 10.1 Å². The summed E-state index contributed by atoms with van der Waals surface area (Å²) in [5.74, 6) is 0.225. The van der Waals surface area contributed by atoms with Gasteiger partial charge in [-0.1, -0.05) is 39.3 Å². The molecule has 0 spiro atoms. The van der Waals surface area contributed by atoms with Gasteiger partial charge in [0.2, 0.25) is 0 Å². The van der Waals surface area contributed by atoms with Crippen LogP contribution in [0.5, 0.6) is 0 Å². The Balaban J connectivity index is 2.38. The van der Waals surface area contributed by atoms with Crippen LogP contribution in [0.25, 0.3) is 0 Å². The first-order chi connectivity index (χ1) is 9.92. The molecule has 1 aromatic rings. The number of benzene rings is 1. The van der Waals surface area contributed by atoms with Gasteiger partial charge in [-0.15, -0.1) is 0 Å². The molecule has 2 nitrogen and oxygen atoms in total. The normalized spacial score (nSPS) is 21.9. The Labute approximate surface area is 132 Å². The van der Waals surface area contributed by atoms with Gasteiger partial charge in [0.25, 0.3) is 0 Å². The lowest BCUT2D eigenvalue weighted by atomic mass is 9.86. The van der Waals surface area contributed by atoms with Crippen LogP contribution < -0.4 is 10.2 Å². The van der Waals surface area contributed by atoms with E-state index < -0.39 is 0 Å². The van der Waals surface area contributed by atoms with Crippen LogP contribution >= 0.6 is 11.6 Å². The first-order valence-corrected chi connectivity index (χ1v) is 8.27. The van der Waals surface area contributed by atoms with E-state index in [4.69, 9.17) is 11.6 Å². The molecule has 0 radical (unpaired) electrons. The molecule has 21 heavy (non-hydrogen) atoms. The van der Waals surface area contributed by atoms with E-state index in [1.54, 1.807) is 0 Å². The highest BCUT2D eigenvalue weighted by Crippen LogP contribution is 2.34. The minimum absolute atomic E-state index is 0.114. The fraction of sp³-hybridized carbons (Fsp3) is 0.647. The van der Waals surface area contributed by atoms with Gasteiger partial charge >= 0.3 is 0 Å².